The van der Waals surface area contributed by atoms with Crippen molar-refractivity contribution in [2.24, 2.45) is 5.92 Å². The predicted molar refractivity (Wildman–Crippen MR) is 185 cm³/mol. The topological polar surface area (TPSA) is 63.6 Å². The summed E-state index contributed by atoms with van der Waals surface area (Å²) in [6.07, 6.45) is 44.1. The molecule has 0 aliphatic heterocycles. The van der Waals surface area contributed by atoms with Gasteiger partial charge in [0.05, 0.1) is 6.61 Å². The highest BCUT2D eigenvalue weighted by Crippen LogP contribution is 2.21. The van der Waals surface area contributed by atoms with Crippen LogP contribution in [0.4, 0.5) is 0 Å². The molecule has 0 aromatic carbocycles. The van der Waals surface area contributed by atoms with Gasteiger partial charge in [-0.2, -0.15) is 8.42 Å². The van der Waals surface area contributed by atoms with E-state index in [0.29, 0.717) is 0 Å². The Hall–Kier alpha value is -0.130. The Labute approximate surface area is 265 Å². The van der Waals surface area contributed by atoms with Crippen LogP contribution in [0.25, 0.3) is 0 Å². The molecule has 4 nitrogen and oxygen atoms in total. The van der Waals surface area contributed by atoms with Crippen LogP contribution in [-0.2, 0) is 14.6 Å². The van der Waals surface area contributed by atoms with E-state index < -0.39 is 10.4 Å². The molecule has 0 radical (unpaired) electrons. The lowest BCUT2D eigenvalue weighted by molar-refractivity contribution is 0.204. The monoisotopic (exact) mass is 617 g/mol. The lowest BCUT2D eigenvalue weighted by Gasteiger charge is -2.16. The molecule has 0 spiro atoms. The predicted octanol–water partition coefficient (Wildman–Crippen LogP) is 13.3. The van der Waals surface area contributed by atoms with Gasteiger partial charge in [0.25, 0.3) is 0 Å². The molecular weight excluding hydrogens is 540 g/mol. The summed E-state index contributed by atoms with van der Waals surface area (Å²) >= 11 is 0. The van der Waals surface area contributed by atoms with Gasteiger partial charge in [-0.05, 0) is 18.8 Å². The van der Waals surface area contributed by atoms with Crippen molar-refractivity contribution in [3.63, 3.8) is 0 Å². The first-order valence-corrected chi connectivity index (χ1v) is 20.5. The second kappa shape index (κ2) is 33.8. The molecule has 0 amide bonds. The fourth-order valence-corrected chi connectivity index (χ4v) is 6.64. The molecular formula is C37H76O4S. The maximum absolute atomic E-state index is 11.1. The van der Waals surface area contributed by atoms with Crippen LogP contribution in [0.5, 0.6) is 0 Å². The van der Waals surface area contributed by atoms with Gasteiger partial charge < -0.3 is 0 Å². The molecule has 0 fully saturated rings. The molecule has 0 rings (SSSR count). The van der Waals surface area contributed by atoms with Gasteiger partial charge >= 0.3 is 10.4 Å². The zero-order chi connectivity index (χ0) is 30.8. The highest BCUT2D eigenvalue weighted by atomic mass is 32.3. The smallest absolute Gasteiger partial charge is 0.264 e. The molecule has 1 unspecified atom stereocenters. The minimum atomic E-state index is -4.34. The van der Waals surface area contributed by atoms with Gasteiger partial charge in [-0.1, -0.05) is 213 Å². The molecule has 0 aromatic heterocycles. The first-order valence-electron chi connectivity index (χ1n) is 19.1. The Morgan fingerprint density at radius 2 is 0.619 bits per heavy atom. The van der Waals surface area contributed by atoms with Crippen LogP contribution in [0.3, 0.4) is 0 Å². The van der Waals surface area contributed by atoms with E-state index in [1.54, 1.807) is 0 Å². The number of hydrogen-bond donors (Lipinski definition) is 1. The van der Waals surface area contributed by atoms with E-state index in [1.807, 2.05) is 0 Å². The summed E-state index contributed by atoms with van der Waals surface area (Å²) in [5.41, 5.74) is 0. The molecule has 0 saturated heterocycles. The summed E-state index contributed by atoms with van der Waals surface area (Å²) in [6, 6.07) is 0. The van der Waals surface area contributed by atoms with E-state index in [0.717, 1.165) is 25.7 Å². The molecule has 0 aromatic rings. The molecule has 0 bridgehead atoms. The van der Waals surface area contributed by atoms with E-state index in [9.17, 15) is 8.42 Å². The molecule has 1 atom stereocenters. The minimum absolute atomic E-state index is 0.135. The molecule has 0 heterocycles. The summed E-state index contributed by atoms with van der Waals surface area (Å²) in [6.45, 7) is 4.70. The standard InChI is InChI=1S/C37H76O4S/c1-3-5-7-9-11-13-15-17-19-21-23-25-27-29-31-33-35-37(36-41-42(38,39)40)34-32-30-28-26-24-22-20-18-16-14-12-10-8-6-4-2/h37H,3-36H2,1-2H3,(H,38,39,40). The third kappa shape index (κ3) is 36.1. The quantitative estimate of drug-likeness (QED) is 0.0562. The SMILES string of the molecule is CCCCCCCCCCCCCCCCCCC(CCCCCCCCCCCCCCCCC)COS(=O)(=O)O. The zero-order valence-corrected chi connectivity index (χ0v) is 29.5. The van der Waals surface area contributed by atoms with Gasteiger partial charge in [0.1, 0.15) is 0 Å². The van der Waals surface area contributed by atoms with E-state index >= 15 is 0 Å². The summed E-state index contributed by atoms with van der Waals surface area (Å²) in [5, 5.41) is 0. The Bertz CT molecular complexity index is 607. The van der Waals surface area contributed by atoms with Gasteiger partial charge in [-0.15, -0.1) is 0 Å². The highest BCUT2D eigenvalue weighted by molar-refractivity contribution is 7.80. The molecule has 254 valence electrons. The summed E-state index contributed by atoms with van der Waals surface area (Å²) in [4.78, 5) is 0. The lowest BCUT2D eigenvalue weighted by atomic mass is 9.94. The van der Waals surface area contributed by atoms with Crippen LogP contribution < -0.4 is 0 Å². The zero-order valence-electron chi connectivity index (χ0n) is 28.7. The van der Waals surface area contributed by atoms with Crippen molar-refractivity contribution >= 4 is 10.4 Å². The van der Waals surface area contributed by atoms with Crippen molar-refractivity contribution in [2.45, 2.75) is 226 Å². The molecule has 42 heavy (non-hydrogen) atoms. The van der Waals surface area contributed by atoms with E-state index in [4.69, 9.17) is 8.74 Å². The van der Waals surface area contributed by atoms with Gasteiger partial charge in [0.2, 0.25) is 0 Å². The second-order valence-electron chi connectivity index (χ2n) is 13.4. The number of unbranched alkanes of at least 4 members (excludes halogenated alkanes) is 29. The maximum Gasteiger partial charge on any atom is 0.397 e. The third-order valence-electron chi connectivity index (χ3n) is 9.13. The van der Waals surface area contributed by atoms with Gasteiger partial charge in [0, 0.05) is 0 Å². The third-order valence-corrected chi connectivity index (χ3v) is 9.57. The Balaban J connectivity index is 3.66. The van der Waals surface area contributed by atoms with E-state index in [-0.39, 0.29) is 12.5 Å². The van der Waals surface area contributed by atoms with Crippen LogP contribution >= 0.6 is 0 Å². The maximum atomic E-state index is 11.1. The molecule has 1 N–H and O–H groups in total. The highest BCUT2D eigenvalue weighted by Gasteiger charge is 2.13. The molecule has 0 saturated carbocycles. The van der Waals surface area contributed by atoms with Crippen molar-refractivity contribution in [3.8, 4) is 0 Å². The number of rotatable bonds is 36. The van der Waals surface area contributed by atoms with E-state index in [1.165, 1.54) is 186 Å². The number of hydrogen-bond acceptors (Lipinski definition) is 3. The Morgan fingerprint density at radius 3 is 0.833 bits per heavy atom. The van der Waals surface area contributed by atoms with Crippen LogP contribution in [0.2, 0.25) is 0 Å². The Kier molecular flexibility index (Phi) is 33.7. The van der Waals surface area contributed by atoms with Gasteiger partial charge in [-0.25, -0.2) is 4.18 Å². The average Bonchev–Trinajstić information content (AvgIpc) is 2.96. The average molecular weight is 617 g/mol. The van der Waals surface area contributed by atoms with Crippen molar-refractivity contribution in [2.75, 3.05) is 6.61 Å². The van der Waals surface area contributed by atoms with Crippen molar-refractivity contribution in [3.05, 3.63) is 0 Å². The van der Waals surface area contributed by atoms with E-state index in [2.05, 4.69) is 13.8 Å². The first-order chi connectivity index (χ1) is 20.5. The summed E-state index contributed by atoms with van der Waals surface area (Å²) < 4.78 is 36.0. The van der Waals surface area contributed by atoms with Crippen molar-refractivity contribution < 1.29 is 17.2 Å². The summed E-state index contributed by atoms with van der Waals surface area (Å²) in [5.74, 6) is 0.237. The lowest BCUT2D eigenvalue weighted by Crippen LogP contribution is -2.14. The van der Waals surface area contributed by atoms with Crippen molar-refractivity contribution in [1.82, 2.24) is 0 Å². The van der Waals surface area contributed by atoms with Gasteiger partial charge in [-0.3, -0.25) is 4.55 Å². The fraction of sp³-hybridized carbons (Fsp3) is 1.00. The van der Waals surface area contributed by atoms with Crippen molar-refractivity contribution in [1.29, 1.82) is 0 Å². The largest absolute Gasteiger partial charge is 0.397 e. The Morgan fingerprint density at radius 1 is 0.405 bits per heavy atom. The van der Waals surface area contributed by atoms with Crippen LogP contribution in [0.1, 0.15) is 226 Å². The molecule has 0 aliphatic carbocycles. The fourth-order valence-electron chi connectivity index (χ4n) is 6.28. The van der Waals surface area contributed by atoms with Crippen LogP contribution in [-0.4, -0.2) is 19.6 Å². The minimum Gasteiger partial charge on any atom is -0.264 e. The summed E-state index contributed by atoms with van der Waals surface area (Å²) in [7, 11) is -4.34. The first kappa shape index (κ1) is 41.9. The molecule has 5 heteroatoms. The second-order valence-corrected chi connectivity index (χ2v) is 14.5. The van der Waals surface area contributed by atoms with Gasteiger partial charge in [0.15, 0.2) is 0 Å². The van der Waals surface area contributed by atoms with Crippen LogP contribution in [0, 0.1) is 5.92 Å². The molecule has 0 aliphatic rings. The van der Waals surface area contributed by atoms with Crippen LogP contribution in [0.15, 0.2) is 0 Å². The normalized spacial score (nSPS) is 12.7.